The Hall–Kier alpha value is 0.270. The summed E-state index contributed by atoms with van der Waals surface area (Å²) in [6.45, 7) is 13.8. The summed E-state index contributed by atoms with van der Waals surface area (Å²) >= 11 is 2.13. The summed E-state index contributed by atoms with van der Waals surface area (Å²) in [7, 11) is 0. The van der Waals surface area contributed by atoms with E-state index >= 15 is 0 Å². The predicted octanol–water partition coefficient (Wildman–Crippen LogP) is 2.58. The molecule has 0 radical (unpaired) electrons. The Morgan fingerprint density at radius 2 is 1.81 bits per heavy atom. The molecular formula is C13H28N2S. The topological polar surface area (TPSA) is 29.3 Å². The first-order chi connectivity index (χ1) is 7.43. The van der Waals surface area contributed by atoms with Crippen molar-refractivity contribution in [2.24, 2.45) is 11.1 Å². The number of rotatable bonds is 5. The molecule has 0 amide bonds. The fraction of sp³-hybridized carbons (Fsp3) is 1.00. The average Bonchev–Trinajstić information content (AvgIpc) is 2.16. The molecule has 1 heterocycles. The highest BCUT2D eigenvalue weighted by Crippen LogP contribution is 2.26. The van der Waals surface area contributed by atoms with E-state index < -0.39 is 0 Å². The molecule has 1 aliphatic heterocycles. The summed E-state index contributed by atoms with van der Waals surface area (Å²) in [6.07, 6.45) is 2.53. The third-order valence-electron chi connectivity index (χ3n) is 3.38. The van der Waals surface area contributed by atoms with E-state index in [4.69, 9.17) is 5.73 Å². The number of nitrogens with two attached hydrogens (primary N) is 1. The molecule has 1 saturated heterocycles. The minimum atomic E-state index is 0.321. The Balaban J connectivity index is 2.22. The van der Waals surface area contributed by atoms with Gasteiger partial charge in [0.1, 0.15) is 0 Å². The molecule has 0 aromatic heterocycles. The number of nitrogens with zero attached hydrogens (tertiary/aromatic N) is 1. The highest BCUT2D eigenvalue weighted by Gasteiger charge is 2.22. The first-order valence-corrected chi connectivity index (χ1v) is 7.45. The molecule has 2 nitrogen and oxygen atoms in total. The zero-order chi connectivity index (χ0) is 12.2. The Morgan fingerprint density at radius 3 is 2.31 bits per heavy atom. The van der Waals surface area contributed by atoms with Crippen molar-refractivity contribution in [3.63, 3.8) is 0 Å². The molecule has 0 aromatic rings. The maximum absolute atomic E-state index is 5.75. The van der Waals surface area contributed by atoms with Crippen LogP contribution in [0.5, 0.6) is 0 Å². The number of hydrogen-bond acceptors (Lipinski definition) is 3. The van der Waals surface area contributed by atoms with Gasteiger partial charge in [0.25, 0.3) is 0 Å². The Morgan fingerprint density at radius 1 is 1.25 bits per heavy atom. The van der Waals surface area contributed by atoms with Crippen molar-refractivity contribution < 1.29 is 0 Å². The third kappa shape index (κ3) is 5.07. The van der Waals surface area contributed by atoms with Crippen LogP contribution < -0.4 is 5.73 Å². The van der Waals surface area contributed by atoms with Crippen LogP contribution in [0, 0.1) is 5.41 Å². The Kier molecular flexibility index (Phi) is 5.62. The molecule has 0 aliphatic carbocycles. The Bertz CT molecular complexity index is 196. The minimum Gasteiger partial charge on any atom is -0.330 e. The van der Waals surface area contributed by atoms with Gasteiger partial charge in [0, 0.05) is 23.6 Å². The predicted molar refractivity (Wildman–Crippen MR) is 75.0 cm³/mol. The highest BCUT2D eigenvalue weighted by molar-refractivity contribution is 8.00. The summed E-state index contributed by atoms with van der Waals surface area (Å²) in [5, 5.41) is 1.59. The van der Waals surface area contributed by atoms with Crippen molar-refractivity contribution in [3.8, 4) is 0 Å². The van der Waals surface area contributed by atoms with Crippen LogP contribution in [0.4, 0.5) is 0 Å². The van der Waals surface area contributed by atoms with Crippen LogP contribution in [-0.4, -0.2) is 41.6 Å². The lowest BCUT2D eigenvalue weighted by atomic mass is 9.88. The van der Waals surface area contributed by atoms with Gasteiger partial charge >= 0.3 is 0 Å². The summed E-state index contributed by atoms with van der Waals surface area (Å²) in [5.74, 6) is 0. The quantitative estimate of drug-likeness (QED) is 0.806. The van der Waals surface area contributed by atoms with Gasteiger partial charge in [-0.25, -0.2) is 0 Å². The molecule has 16 heavy (non-hydrogen) atoms. The molecule has 0 bridgehead atoms. The van der Waals surface area contributed by atoms with Gasteiger partial charge < -0.3 is 10.6 Å². The van der Waals surface area contributed by atoms with Gasteiger partial charge in [-0.05, 0) is 31.3 Å². The van der Waals surface area contributed by atoms with Crippen LogP contribution in [0.2, 0.25) is 0 Å². The normalized spacial score (nSPS) is 28.3. The zero-order valence-corrected chi connectivity index (χ0v) is 12.1. The average molecular weight is 244 g/mol. The molecule has 3 heteroatoms. The van der Waals surface area contributed by atoms with E-state index in [-0.39, 0.29) is 0 Å². The zero-order valence-electron chi connectivity index (χ0n) is 11.3. The lowest BCUT2D eigenvalue weighted by Gasteiger charge is -2.35. The van der Waals surface area contributed by atoms with Gasteiger partial charge in [-0.2, -0.15) is 11.8 Å². The van der Waals surface area contributed by atoms with E-state index in [0.717, 1.165) is 17.0 Å². The van der Waals surface area contributed by atoms with E-state index in [0.29, 0.717) is 5.41 Å². The van der Waals surface area contributed by atoms with Gasteiger partial charge in [0.2, 0.25) is 0 Å². The maximum atomic E-state index is 5.75. The maximum Gasteiger partial charge on any atom is 0.0149 e. The van der Waals surface area contributed by atoms with Crippen LogP contribution >= 0.6 is 11.8 Å². The van der Waals surface area contributed by atoms with Gasteiger partial charge in [0.05, 0.1) is 0 Å². The lowest BCUT2D eigenvalue weighted by molar-refractivity contribution is 0.241. The number of hydrogen-bond donors (Lipinski definition) is 1. The second-order valence-corrected chi connectivity index (χ2v) is 7.87. The second-order valence-electron chi connectivity index (χ2n) is 5.99. The van der Waals surface area contributed by atoms with Crippen molar-refractivity contribution in [2.45, 2.75) is 51.0 Å². The molecule has 1 rings (SSSR count). The van der Waals surface area contributed by atoms with Crippen LogP contribution in [0.15, 0.2) is 0 Å². The summed E-state index contributed by atoms with van der Waals surface area (Å²) in [6, 6.07) is 0. The minimum absolute atomic E-state index is 0.321. The van der Waals surface area contributed by atoms with E-state index in [1.807, 2.05) is 0 Å². The fourth-order valence-electron chi connectivity index (χ4n) is 2.35. The summed E-state index contributed by atoms with van der Waals surface area (Å²) in [5.41, 5.74) is 6.07. The largest absolute Gasteiger partial charge is 0.330 e. The highest BCUT2D eigenvalue weighted by atomic mass is 32.2. The molecule has 2 N–H and O–H groups in total. The van der Waals surface area contributed by atoms with Crippen LogP contribution in [0.1, 0.15) is 40.5 Å². The monoisotopic (exact) mass is 244 g/mol. The summed E-state index contributed by atoms with van der Waals surface area (Å²) in [4.78, 5) is 2.62. The molecule has 1 fully saturated rings. The third-order valence-corrected chi connectivity index (χ3v) is 4.60. The van der Waals surface area contributed by atoms with Crippen LogP contribution in [-0.2, 0) is 0 Å². The van der Waals surface area contributed by atoms with Crippen molar-refractivity contribution in [2.75, 3.05) is 26.2 Å². The first kappa shape index (κ1) is 14.3. The van der Waals surface area contributed by atoms with Gasteiger partial charge in [0.15, 0.2) is 0 Å². The van der Waals surface area contributed by atoms with E-state index in [9.17, 15) is 0 Å². The Labute approximate surface area is 105 Å². The second kappa shape index (κ2) is 6.27. The lowest BCUT2D eigenvalue weighted by Crippen LogP contribution is -2.41. The van der Waals surface area contributed by atoms with Gasteiger partial charge in [-0.1, -0.05) is 27.7 Å². The van der Waals surface area contributed by atoms with Gasteiger partial charge in [-0.15, -0.1) is 0 Å². The molecule has 96 valence electrons. The fourth-order valence-corrected chi connectivity index (χ4v) is 3.74. The van der Waals surface area contributed by atoms with Crippen molar-refractivity contribution in [1.29, 1.82) is 0 Å². The molecular weight excluding hydrogens is 216 g/mol. The van der Waals surface area contributed by atoms with Crippen LogP contribution in [0.25, 0.3) is 0 Å². The SMILES string of the molecule is CC1CN(CCCC(C)(C)CN)CC(C)S1. The summed E-state index contributed by atoms with van der Waals surface area (Å²) < 4.78 is 0. The molecule has 2 unspecified atom stereocenters. The standard InChI is InChI=1S/C13H28N2S/c1-11-8-15(9-12(2)16-11)7-5-6-13(3,4)10-14/h11-12H,5-10,14H2,1-4H3. The van der Waals surface area contributed by atoms with Crippen LogP contribution in [0.3, 0.4) is 0 Å². The first-order valence-electron chi connectivity index (χ1n) is 6.51. The van der Waals surface area contributed by atoms with Crippen molar-refractivity contribution in [1.82, 2.24) is 4.90 Å². The van der Waals surface area contributed by atoms with Crippen molar-refractivity contribution >= 4 is 11.8 Å². The van der Waals surface area contributed by atoms with E-state index in [1.165, 1.54) is 32.5 Å². The molecule has 0 saturated carbocycles. The van der Waals surface area contributed by atoms with Gasteiger partial charge in [-0.3, -0.25) is 0 Å². The molecule has 2 atom stereocenters. The smallest absolute Gasteiger partial charge is 0.0149 e. The van der Waals surface area contributed by atoms with E-state index in [1.54, 1.807) is 0 Å². The molecule has 0 spiro atoms. The van der Waals surface area contributed by atoms with Crippen molar-refractivity contribution in [3.05, 3.63) is 0 Å². The molecule has 1 aliphatic rings. The molecule has 0 aromatic carbocycles. The number of thioether (sulfide) groups is 1. The van der Waals surface area contributed by atoms with E-state index in [2.05, 4.69) is 44.4 Å².